The van der Waals surface area contributed by atoms with E-state index >= 15 is 0 Å². The second kappa shape index (κ2) is 10.7. The van der Waals surface area contributed by atoms with Crippen LogP contribution in [0.2, 0.25) is 0 Å². The summed E-state index contributed by atoms with van der Waals surface area (Å²) < 4.78 is 11.6. The molecule has 0 spiro atoms. The van der Waals surface area contributed by atoms with Crippen LogP contribution >= 0.6 is 0 Å². The highest BCUT2D eigenvalue weighted by atomic mass is 16.5. The molecule has 0 fully saturated rings. The summed E-state index contributed by atoms with van der Waals surface area (Å²) in [7, 11) is 0. The first-order valence-corrected chi connectivity index (χ1v) is 10.5. The van der Waals surface area contributed by atoms with Crippen molar-refractivity contribution >= 4 is 6.21 Å². The number of dihydropyridines is 1. The number of hydrogen-bond donors (Lipinski definition) is 1. The third-order valence-corrected chi connectivity index (χ3v) is 5.13. The standard InChI is InChI=1S/C24H32N2O2/c1-3-4-5-6-17-27-20-10-12-21(13-11-20)28-18-16-26-23-14-15-25-22-9-7-8-19(2)24(22)23/h7-15,19,24,26H,3-6,16-18H2,1-2H3/t19?,24-/m1/s1. The Bertz CT molecular complexity index is 731. The molecule has 0 amide bonds. The minimum Gasteiger partial charge on any atom is -0.494 e. The van der Waals surface area contributed by atoms with Crippen LogP contribution in [0.25, 0.3) is 0 Å². The van der Waals surface area contributed by atoms with Crippen LogP contribution in [0, 0.1) is 11.8 Å². The summed E-state index contributed by atoms with van der Waals surface area (Å²) in [5.41, 5.74) is 2.35. The van der Waals surface area contributed by atoms with Gasteiger partial charge in [0.25, 0.3) is 0 Å². The topological polar surface area (TPSA) is 42.9 Å². The monoisotopic (exact) mass is 380 g/mol. The minimum absolute atomic E-state index is 0.323. The van der Waals surface area contributed by atoms with E-state index in [1.54, 1.807) is 0 Å². The van der Waals surface area contributed by atoms with Gasteiger partial charge in [-0.05, 0) is 48.8 Å². The fraction of sp³-hybridized carbons (Fsp3) is 0.458. The van der Waals surface area contributed by atoms with Gasteiger partial charge < -0.3 is 14.8 Å². The van der Waals surface area contributed by atoms with Gasteiger partial charge >= 0.3 is 0 Å². The molecule has 4 heteroatoms. The number of unbranched alkanes of at least 4 members (excludes halogenated alkanes) is 3. The van der Waals surface area contributed by atoms with Crippen LogP contribution < -0.4 is 14.8 Å². The molecule has 3 rings (SSSR count). The molecule has 0 bridgehead atoms. The summed E-state index contributed by atoms with van der Waals surface area (Å²) in [6, 6.07) is 7.91. The highest BCUT2D eigenvalue weighted by Gasteiger charge is 2.27. The summed E-state index contributed by atoms with van der Waals surface area (Å²) in [6.45, 7) is 6.61. The number of hydrogen-bond acceptors (Lipinski definition) is 4. The summed E-state index contributed by atoms with van der Waals surface area (Å²) in [5, 5.41) is 3.52. The number of benzene rings is 1. The average Bonchev–Trinajstić information content (AvgIpc) is 2.72. The summed E-state index contributed by atoms with van der Waals surface area (Å²) in [6.07, 6.45) is 15.3. The second-order valence-electron chi connectivity index (χ2n) is 7.37. The molecule has 1 aliphatic heterocycles. The molecule has 2 aliphatic rings. The lowest BCUT2D eigenvalue weighted by Gasteiger charge is -2.30. The van der Waals surface area contributed by atoms with Crippen molar-refractivity contribution < 1.29 is 9.47 Å². The highest BCUT2D eigenvalue weighted by molar-refractivity contribution is 5.75. The average molecular weight is 381 g/mol. The van der Waals surface area contributed by atoms with Gasteiger partial charge in [0.05, 0.1) is 6.61 Å². The Morgan fingerprint density at radius 3 is 2.46 bits per heavy atom. The van der Waals surface area contributed by atoms with Gasteiger partial charge in [0.15, 0.2) is 0 Å². The molecule has 1 heterocycles. The van der Waals surface area contributed by atoms with Crippen molar-refractivity contribution in [3.8, 4) is 11.5 Å². The molecule has 28 heavy (non-hydrogen) atoms. The first kappa shape index (κ1) is 20.2. The van der Waals surface area contributed by atoms with Gasteiger partial charge in [-0.3, -0.25) is 4.99 Å². The molecular formula is C24H32N2O2. The van der Waals surface area contributed by atoms with E-state index in [9.17, 15) is 0 Å². The fourth-order valence-electron chi connectivity index (χ4n) is 3.57. The van der Waals surface area contributed by atoms with Crippen molar-refractivity contribution in [3.05, 3.63) is 60.0 Å². The van der Waals surface area contributed by atoms with Crippen LogP contribution in [-0.4, -0.2) is 26.0 Å². The predicted octanol–water partition coefficient (Wildman–Crippen LogP) is 5.29. The smallest absolute Gasteiger partial charge is 0.119 e. The molecule has 1 aliphatic carbocycles. The zero-order valence-corrected chi connectivity index (χ0v) is 17.1. The maximum Gasteiger partial charge on any atom is 0.119 e. The van der Waals surface area contributed by atoms with Gasteiger partial charge in [-0.1, -0.05) is 45.3 Å². The molecule has 1 N–H and O–H groups in total. The molecule has 0 saturated heterocycles. The molecule has 4 nitrogen and oxygen atoms in total. The van der Waals surface area contributed by atoms with Crippen molar-refractivity contribution in [2.75, 3.05) is 19.8 Å². The van der Waals surface area contributed by atoms with Crippen molar-refractivity contribution in [2.24, 2.45) is 16.8 Å². The van der Waals surface area contributed by atoms with E-state index in [4.69, 9.17) is 9.47 Å². The lowest BCUT2D eigenvalue weighted by molar-refractivity contribution is 0.300. The summed E-state index contributed by atoms with van der Waals surface area (Å²) >= 11 is 0. The van der Waals surface area contributed by atoms with Crippen LogP contribution in [0.3, 0.4) is 0 Å². The van der Waals surface area contributed by atoms with E-state index in [1.807, 2.05) is 30.5 Å². The van der Waals surface area contributed by atoms with Gasteiger partial charge in [-0.25, -0.2) is 0 Å². The van der Waals surface area contributed by atoms with Gasteiger partial charge in [0, 0.05) is 30.1 Å². The molecule has 0 aromatic heterocycles. The molecule has 1 unspecified atom stereocenters. The van der Waals surface area contributed by atoms with Crippen molar-refractivity contribution in [2.45, 2.75) is 39.5 Å². The Morgan fingerprint density at radius 2 is 1.71 bits per heavy atom. The van der Waals surface area contributed by atoms with Crippen LogP contribution in [-0.2, 0) is 0 Å². The number of allylic oxidation sites excluding steroid dienone is 4. The number of rotatable bonds is 11. The van der Waals surface area contributed by atoms with E-state index in [0.717, 1.165) is 36.8 Å². The number of nitrogens with one attached hydrogen (secondary N) is 1. The van der Waals surface area contributed by atoms with E-state index in [1.165, 1.54) is 25.0 Å². The van der Waals surface area contributed by atoms with E-state index in [0.29, 0.717) is 18.4 Å². The van der Waals surface area contributed by atoms with Gasteiger partial charge in [-0.2, -0.15) is 0 Å². The predicted molar refractivity (Wildman–Crippen MR) is 116 cm³/mol. The van der Waals surface area contributed by atoms with Crippen LogP contribution in [0.1, 0.15) is 39.5 Å². The van der Waals surface area contributed by atoms with Crippen molar-refractivity contribution in [1.29, 1.82) is 0 Å². The summed E-state index contributed by atoms with van der Waals surface area (Å²) in [4.78, 5) is 4.50. The molecule has 2 atom stereocenters. The first-order valence-electron chi connectivity index (χ1n) is 10.5. The number of ether oxygens (including phenoxy) is 2. The van der Waals surface area contributed by atoms with Crippen molar-refractivity contribution in [1.82, 2.24) is 5.32 Å². The quantitative estimate of drug-likeness (QED) is 0.531. The Labute approximate surface area is 169 Å². The Balaban J connectivity index is 1.37. The lowest BCUT2D eigenvalue weighted by atomic mass is 9.83. The molecule has 1 aromatic rings. The van der Waals surface area contributed by atoms with Gasteiger partial charge in [-0.15, -0.1) is 0 Å². The zero-order chi connectivity index (χ0) is 19.6. The zero-order valence-electron chi connectivity index (χ0n) is 17.1. The van der Waals surface area contributed by atoms with Crippen LogP contribution in [0.4, 0.5) is 0 Å². The highest BCUT2D eigenvalue weighted by Crippen LogP contribution is 2.33. The number of nitrogens with zero attached hydrogens (tertiary/aromatic N) is 1. The molecule has 150 valence electrons. The van der Waals surface area contributed by atoms with Gasteiger partial charge in [0.1, 0.15) is 18.1 Å². The molecule has 0 radical (unpaired) electrons. The molecule has 0 saturated carbocycles. The SMILES string of the molecule is CCCCCCOc1ccc(OCCNC2=CC=NC3=CC=CC(C)[C@H]32)cc1. The Morgan fingerprint density at radius 1 is 0.964 bits per heavy atom. The lowest BCUT2D eigenvalue weighted by Crippen LogP contribution is -2.30. The van der Waals surface area contributed by atoms with E-state index in [2.05, 4.69) is 48.5 Å². The van der Waals surface area contributed by atoms with Gasteiger partial charge in [0.2, 0.25) is 0 Å². The van der Waals surface area contributed by atoms with Crippen LogP contribution in [0.5, 0.6) is 11.5 Å². The van der Waals surface area contributed by atoms with E-state index < -0.39 is 0 Å². The molecule has 1 aromatic carbocycles. The minimum atomic E-state index is 0.323. The third-order valence-electron chi connectivity index (χ3n) is 5.13. The fourth-order valence-corrected chi connectivity index (χ4v) is 3.57. The largest absolute Gasteiger partial charge is 0.494 e. The third kappa shape index (κ3) is 5.75. The first-order chi connectivity index (χ1) is 13.8. The Kier molecular flexibility index (Phi) is 7.77. The second-order valence-corrected chi connectivity index (χ2v) is 7.37. The molecular weight excluding hydrogens is 348 g/mol. The number of fused-ring (bicyclic) bond motifs is 1. The summed E-state index contributed by atoms with van der Waals surface area (Å²) in [5.74, 6) is 2.55. The maximum absolute atomic E-state index is 5.86. The maximum atomic E-state index is 5.86. The van der Waals surface area contributed by atoms with Crippen molar-refractivity contribution in [3.63, 3.8) is 0 Å². The van der Waals surface area contributed by atoms with Crippen LogP contribution in [0.15, 0.2) is 65.0 Å². The normalized spacial score (nSPS) is 20.2. The number of aliphatic imine (C=N–C) groups is 1. The van der Waals surface area contributed by atoms with E-state index in [-0.39, 0.29) is 0 Å². The Hall–Kier alpha value is -2.49.